The van der Waals surface area contributed by atoms with Crippen LogP contribution in [0.15, 0.2) is 22.8 Å². The number of carboxylic acids is 1. The number of hydrogen-bond donors (Lipinski definition) is 1. The molecule has 1 unspecified atom stereocenters. The number of likely N-dealkylation sites (tertiary alicyclic amines) is 1. The van der Waals surface area contributed by atoms with Gasteiger partial charge in [-0.25, -0.2) is 9.59 Å². The first-order valence-electron chi connectivity index (χ1n) is 7.57. The minimum Gasteiger partial charge on any atom is -0.480 e. The number of rotatable bonds is 4. The fourth-order valence-electron chi connectivity index (χ4n) is 2.51. The number of nitrogens with zero attached hydrogens (tertiary/aromatic N) is 2. The van der Waals surface area contributed by atoms with Crippen molar-refractivity contribution in [2.75, 3.05) is 19.7 Å². The van der Waals surface area contributed by atoms with E-state index in [9.17, 15) is 9.59 Å². The molecule has 24 heavy (non-hydrogen) atoms. The zero-order chi connectivity index (χ0) is 18.0. The second-order valence-corrected chi connectivity index (χ2v) is 7.61. The van der Waals surface area contributed by atoms with Crippen LogP contribution in [0, 0.1) is 0 Å². The van der Waals surface area contributed by atoms with Crippen LogP contribution < -0.4 is 0 Å². The molecule has 0 saturated carbocycles. The molecule has 1 saturated heterocycles. The van der Waals surface area contributed by atoms with Crippen molar-refractivity contribution >= 4 is 28.0 Å². The molecule has 2 rings (SSSR count). The predicted molar refractivity (Wildman–Crippen MR) is 89.6 cm³/mol. The molecular weight excluding hydrogens is 380 g/mol. The molecule has 1 aliphatic heterocycles. The van der Waals surface area contributed by atoms with Crippen LogP contribution >= 0.6 is 15.9 Å². The highest BCUT2D eigenvalue weighted by atomic mass is 79.9. The number of pyridine rings is 1. The Morgan fingerprint density at radius 3 is 2.67 bits per heavy atom. The van der Waals surface area contributed by atoms with Gasteiger partial charge < -0.3 is 19.5 Å². The molecule has 1 atom stereocenters. The minimum absolute atomic E-state index is 0.198. The van der Waals surface area contributed by atoms with E-state index in [2.05, 4.69) is 20.9 Å². The molecule has 0 bridgehead atoms. The third-order valence-electron chi connectivity index (χ3n) is 3.55. The molecule has 8 heteroatoms. The Bertz CT molecular complexity index is 614. The second kappa shape index (κ2) is 7.06. The molecule has 0 radical (unpaired) electrons. The molecule has 0 aliphatic carbocycles. The van der Waals surface area contributed by atoms with Gasteiger partial charge >= 0.3 is 12.1 Å². The van der Waals surface area contributed by atoms with Gasteiger partial charge in [0.2, 0.25) is 0 Å². The van der Waals surface area contributed by atoms with E-state index in [-0.39, 0.29) is 6.54 Å². The Morgan fingerprint density at radius 1 is 1.42 bits per heavy atom. The largest absolute Gasteiger partial charge is 0.480 e. The van der Waals surface area contributed by atoms with E-state index in [0.29, 0.717) is 18.7 Å². The number of carbonyl (C=O) groups is 2. The Balaban J connectivity index is 2.21. The SMILES string of the molecule is CC(C)(C)OC(=O)N1CCC(OCC(=O)O)(c2ccc(Br)cn2)C1. The topological polar surface area (TPSA) is 89.0 Å². The van der Waals surface area contributed by atoms with Crippen LogP contribution in [0.5, 0.6) is 0 Å². The Labute approximate surface area is 149 Å². The summed E-state index contributed by atoms with van der Waals surface area (Å²) in [6.07, 6.45) is 1.63. The molecule has 1 aliphatic rings. The van der Waals surface area contributed by atoms with Crippen LogP contribution in [0.2, 0.25) is 0 Å². The molecule has 7 nitrogen and oxygen atoms in total. The molecule has 2 heterocycles. The first-order chi connectivity index (χ1) is 11.1. The van der Waals surface area contributed by atoms with Gasteiger partial charge in [-0.05, 0) is 48.8 Å². The lowest BCUT2D eigenvalue weighted by Crippen LogP contribution is -2.40. The van der Waals surface area contributed by atoms with Crippen LogP contribution in [0.3, 0.4) is 0 Å². The highest BCUT2D eigenvalue weighted by molar-refractivity contribution is 9.10. The minimum atomic E-state index is -1.07. The van der Waals surface area contributed by atoms with Crippen LogP contribution in [-0.4, -0.2) is 52.4 Å². The van der Waals surface area contributed by atoms with Gasteiger partial charge in [0.15, 0.2) is 0 Å². The van der Waals surface area contributed by atoms with E-state index >= 15 is 0 Å². The van der Waals surface area contributed by atoms with Gasteiger partial charge in [-0.3, -0.25) is 4.98 Å². The van der Waals surface area contributed by atoms with Crippen molar-refractivity contribution in [3.05, 3.63) is 28.5 Å². The fraction of sp³-hybridized carbons (Fsp3) is 0.562. The van der Waals surface area contributed by atoms with Crippen LogP contribution in [0.1, 0.15) is 32.9 Å². The van der Waals surface area contributed by atoms with Gasteiger partial charge in [0.25, 0.3) is 0 Å². The van der Waals surface area contributed by atoms with Crippen molar-refractivity contribution in [1.29, 1.82) is 0 Å². The monoisotopic (exact) mass is 400 g/mol. The van der Waals surface area contributed by atoms with E-state index in [1.165, 1.54) is 4.90 Å². The van der Waals surface area contributed by atoms with E-state index in [4.69, 9.17) is 14.6 Å². The maximum Gasteiger partial charge on any atom is 0.410 e. The summed E-state index contributed by atoms with van der Waals surface area (Å²) < 4.78 is 11.9. The van der Waals surface area contributed by atoms with Gasteiger partial charge in [-0.15, -0.1) is 0 Å². The average Bonchev–Trinajstić information content (AvgIpc) is 2.90. The summed E-state index contributed by atoms with van der Waals surface area (Å²) in [5.41, 5.74) is -0.950. The van der Waals surface area contributed by atoms with E-state index in [1.54, 1.807) is 33.0 Å². The van der Waals surface area contributed by atoms with Crippen molar-refractivity contribution in [1.82, 2.24) is 9.88 Å². The van der Waals surface area contributed by atoms with Crippen LogP contribution in [-0.2, 0) is 19.9 Å². The number of carbonyl (C=O) groups excluding carboxylic acids is 1. The highest BCUT2D eigenvalue weighted by Crippen LogP contribution is 2.35. The molecule has 0 spiro atoms. The standard InChI is InChI=1S/C16H21BrN2O5/c1-15(2,3)24-14(22)19-7-6-16(10-19,23-9-13(20)21)12-5-4-11(17)8-18-12/h4-5,8H,6-7,9-10H2,1-3H3,(H,20,21). The predicted octanol–water partition coefficient (Wildman–Crippen LogP) is 2.78. The summed E-state index contributed by atoms with van der Waals surface area (Å²) in [4.78, 5) is 29.1. The number of amides is 1. The fourth-order valence-corrected chi connectivity index (χ4v) is 2.74. The zero-order valence-electron chi connectivity index (χ0n) is 13.9. The van der Waals surface area contributed by atoms with Crippen molar-refractivity contribution < 1.29 is 24.2 Å². The molecule has 1 aromatic rings. The van der Waals surface area contributed by atoms with Crippen molar-refractivity contribution in [2.45, 2.75) is 38.4 Å². The Hall–Kier alpha value is -1.67. The number of aromatic nitrogens is 1. The summed E-state index contributed by atoms with van der Waals surface area (Å²) in [5.74, 6) is -1.07. The van der Waals surface area contributed by atoms with Gasteiger partial charge in [0.05, 0.1) is 12.2 Å². The van der Waals surface area contributed by atoms with Gasteiger partial charge in [-0.1, -0.05) is 0 Å². The van der Waals surface area contributed by atoms with E-state index < -0.39 is 29.9 Å². The molecule has 1 fully saturated rings. The van der Waals surface area contributed by atoms with Gasteiger partial charge in [0, 0.05) is 23.6 Å². The number of ether oxygens (including phenoxy) is 2. The lowest BCUT2D eigenvalue weighted by molar-refractivity contribution is -0.150. The maximum absolute atomic E-state index is 12.3. The van der Waals surface area contributed by atoms with Crippen LogP contribution in [0.25, 0.3) is 0 Å². The second-order valence-electron chi connectivity index (χ2n) is 6.69. The maximum atomic E-state index is 12.3. The van der Waals surface area contributed by atoms with Crippen molar-refractivity contribution in [3.63, 3.8) is 0 Å². The third-order valence-corrected chi connectivity index (χ3v) is 4.02. The lowest BCUT2D eigenvalue weighted by Gasteiger charge is -2.29. The van der Waals surface area contributed by atoms with Crippen molar-refractivity contribution in [2.24, 2.45) is 0 Å². The summed E-state index contributed by atoms with van der Waals surface area (Å²) in [7, 11) is 0. The smallest absolute Gasteiger partial charge is 0.410 e. The molecule has 1 N–H and O–H groups in total. The van der Waals surface area contributed by atoms with Crippen LogP contribution in [0.4, 0.5) is 4.79 Å². The molecule has 1 aromatic heterocycles. The van der Waals surface area contributed by atoms with E-state index in [0.717, 1.165) is 4.47 Å². The summed E-state index contributed by atoms with van der Waals surface area (Å²) in [6.45, 7) is 5.54. The van der Waals surface area contributed by atoms with Crippen molar-refractivity contribution in [3.8, 4) is 0 Å². The highest BCUT2D eigenvalue weighted by Gasteiger charge is 2.45. The number of halogens is 1. The summed E-state index contributed by atoms with van der Waals surface area (Å²) in [5, 5.41) is 8.95. The molecule has 0 aromatic carbocycles. The third kappa shape index (κ3) is 4.67. The number of carboxylic acid groups (broad SMARTS) is 1. The van der Waals surface area contributed by atoms with Gasteiger partial charge in [-0.2, -0.15) is 0 Å². The Morgan fingerprint density at radius 2 is 2.12 bits per heavy atom. The normalized spacial score (nSPS) is 20.9. The Kier molecular flexibility index (Phi) is 5.49. The number of hydrogen-bond acceptors (Lipinski definition) is 5. The zero-order valence-corrected chi connectivity index (χ0v) is 15.5. The molecule has 132 valence electrons. The first-order valence-corrected chi connectivity index (χ1v) is 8.36. The lowest BCUT2D eigenvalue weighted by atomic mass is 9.97. The molecular formula is C16H21BrN2O5. The molecule has 1 amide bonds. The van der Waals surface area contributed by atoms with Gasteiger partial charge in [0.1, 0.15) is 17.8 Å². The number of aliphatic carboxylic acids is 1. The summed E-state index contributed by atoms with van der Waals surface area (Å²) >= 11 is 3.32. The quantitative estimate of drug-likeness (QED) is 0.835. The first kappa shape index (κ1) is 18.7. The average molecular weight is 401 g/mol. The van der Waals surface area contributed by atoms with E-state index in [1.807, 2.05) is 6.07 Å². The summed E-state index contributed by atoms with van der Waals surface area (Å²) in [6, 6.07) is 3.58.